The number of phenolic OH excluding ortho intramolecular Hbond substituents is 2. The molecule has 0 aromatic heterocycles. The van der Waals surface area contributed by atoms with E-state index in [0.29, 0.717) is 17.0 Å². The molecule has 16 heavy (non-hydrogen) atoms. The Morgan fingerprint density at radius 2 is 1.56 bits per heavy atom. The van der Waals surface area contributed by atoms with Crippen LogP contribution in [0.1, 0.15) is 11.1 Å². The van der Waals surface area contributed by atoms with Gasteiger partial charge >= 0.3 is 0 Å². The Balaban J connectivity index is 2.35. The van der Waals surface area contributed by atoms with Crippen molar-refractivity contribution < 1.29 is 10.2 Å². The highest BCUT2D eigenvalue weighted by atomic mass is 35.5. The smallest absolute Gasteiger partial charge is 0.137 e. The summed E-state index contributed by atoms with van der Waals surface area (Å²) in [5.41, 5.74) is 1.47. The highest BCUT2D eigenvalue weighted by Gasteiger charge is 2.07. The van der Waals surface area contributed by atoms with Crippen molar-refractivity contribution in [3.63, 3.8) is 0 Å². The molecule has 0 unspecified atom stereocenters. The number of rotatable bonds is 2. The summed E-state index contributed by atoms with van der Waals surface area (Å²) in [6.07, 6.45) is 0.457. The molecule has 0 saturated heterocycles. The van der Waals surface area contributed by atoms with Crippen LogP contribution in [0.2, 0.25) is 5.02 Å². The van der Waals surface area contributed by atoms with Gasteiger partial charge in [-0.25, -0.2) is 0 Å². The minimum atomic E-state index is 0.0763. The van der Waals surface area contributed by atoms with Gasteiger partial charge in [0.1, 0.15) is 11.5 Å². The maximum absolute atomic E-state index is 9.74. The van der Waals surface area contributed by atoms with Gasteiger partial charge in [0.15, 0.2) is 0 Å². The molecule has 82 valence electrons. The first-order valence-corrected chi connectivity index (χ1v) is 5.29. The fraction of sp³-hybridized carbons (Fsp3) is 0.0769. The molecule has 2 aromatic rings. The van der Waals surface area contributed by atoms with Gasteiger partial charge < -0.3 is 10.2 Å². The minimum absolute atomic E-state index is 0.0763. The fourth-order valence-electron chi connectivity index (χ4n) is 1.57. The molecule has 0 aliphatic heterocycles. The SMILES string of the molecule is Oc1ccccc1Cc1cccc(Cl)c1O. The summed E-state index contributed by atoms with van der Waals surface area (Å²) in [7, 11) is 0. The van der Waals surface area contributed by atoms with Crippen LogP contribution in [0.15, 0.2) is 42.5 Å². The summed E-state index contributed by atoms with van der Waals surface area (Å²) in [6.45, 7) is 0. The van der Waals surface area contributed by atoms with E-state index >= 15 is 0 Å². The molecule has 0 saturated carbocycles. The summed E-state index contributed by atoms with van der Waals surface area (Å²) in [6, 6.07) is 12.2. The van der Waals surface area contributed by atoms with Gasteiger partial charge in [0.05, 0.1) is 5.02 Å². The van der Waals surface area contributed by atoms with Gasteiger partial charge in [0.25, 0.3) is 0 Å². The van der Waals surface area contributed by atoms with Crippen LogP contribution >= 0.6 is 11.6 Å². The van der Waals surface area contributed by atoms with E-state index in [4.69, 9.17) is 11.6 Å². The Morgan fingerprint density at radius 1 is 0.875 bits per heavy atom. The second kappa shape index (κ2) is 4.45. The third-order valence-corrected chi connectivity index (χ3v) is 2.75. The lowest BCUT2D eigenvalue weighted by Crippen LogP contribution is -1.89. The molecule has 0 atom stereocenters. The average molecular weight is 235 g/mol. The zero-order valence-electron chi connectivity index (χ0n) is 8.52. The molecular weight excluding hydrogens is 224 g/mol. The number of hydrogen-bond donors (Lipinski definition) is 2. The third kappa shape index (κ3) is 2.12. The standard InChI is InChI=1S/C13H11ClO2/c14-11-6-3-5-10(13(11)16)8-9-4-1-2-7-12(9)15/h1-7,15-16H,8H2. The number of hydrogen-bond acceptors (Lipinski definition) is 2. The van der Waals surface area contributed by atoms with Crippen LogP contribution in [-0.4, -0.2) is 10.2 Å². The van der Waals surface area contributed by atoms with Crippen LogP contribution < -0.4 is 0 Å². The summed E-state index contributed by atoms with van der Waals surface area (Å²) < 4.78 is 0. The molecule has 0 heterocycles. The lowest BCUT2D eigenvalue weighted by molar-refractivity contribution is 0.463. The van der Waals surface area contributed by atoms with Crippen LogP contribution in [0.5, 0.6) is 11.5 Å². The van der Waals surface area contributed by atoms with E-state index in [0.717, 1.165) is 5.56 Å². The number of benzene rings is 2. The monoisotopic (exact) mass is 234 g/mol. The zero-order chi connectivity index (χ0) is 11.5. The van der Waals surface area contributed by atoms with Crippen LogP contribution in [-0.2, 0) is 6.42 Å². The van der Waals surface area contributed by atoms with Crippen molar-refractivity contribution in [2.45, 2.75) is 6.42 Å². The second-order valence-corrected chi connectivity index (χ2v) is 3.96. The second-order valence-electron chi connectivity index (χ2n) is 3.55. The Hall–Kier alpha value is -1.67. The number of para-hydroxylation sites is 2. The van der Waals surface area contributed by atoms with E-state index < -0.39 is 0 Å². The van der Waals surface area contributed by atoms with Gasteiger partial charge in [0, 0.05) is 6.42 Å². The first-order valence-electron chi connectivity index (χ1n) is 4.91. The molecule has 0 spiro atoms. The minimum Gasteiger partial charge on any atom is -0.508 e. The molecular formula is C13H11ClO2. The Kier molecular flexibility index (Phi) is 3.02. The first kappa shape index (κ1) is 10.8. The number of halogens is 1. The summed E-state index contributed by atoms with van der Waals surface area (Å²) in [4.78, 5) is 0. The van der Waals surface area contributed by atoms with Crippen molar-refractivity contribution in [1.29, 1.82) is 0 Å². The van der Waals surface area contributed by atoms with Crippen molar-refractivity contribution >= 4 is 11.6 Å². The highest BCUT2D eigenvalue weighted by Crippen LogP contribution is 2.30. The topological polar surface area (TPSA) is 40.5 Å². The van der Waals surface area contributed by atoms with Crippen LogP contribution in [0.25, 0.3) is 0 Å². The van der Waals surface area contributed by atoms with Crippen molar-refractivity contribution in [3.05, 3.63) is 58.6 Å². The van der Waals surface area contributed by atoms with E-state index in [1.165, 1.54) is 0 Å². The van der Waals surface area contributed by atoms with Gasteiger partial charge in [0.2, 0.25) is 0 Å². The van der Waals surface area contributed by atoms with Gasteiger partial charge in [-0.2, -0.15) is 0 Å². The quantitative estimate of drug-likeness (QED) is 0.837. The summed E-state index contributed by atoms with van der Waals surface area (Å²) in [5, 5.41) is 19.7. The molecule has 0 fully saturated rings. The Labute approximate surface area is 98.7 Å². The van der Waals surface area contributed by atoms with Crippen molar-refractivity contribution in [2.24, 2.45) is 0 Å². The summed E-state index contributed by atoms with van der Waals surface area (Å²) in [5.74, 6) is 0.300. The molecule has 2 N–H and O–H groups in total. The molecule has 2 aromatic carbocycles. The van der Waals surface area contributed by atoms with Gasteiger partial charge in [-0.3, -0.25) is 0 Å². The molecule has 2 rings (SSSR count). The molecule has 0 amide bonds. The average Bonchev–Trinajstić information content (AvgIpc) is 2.28. The zero-order valence-corrected chi connectivity index (χ0v) is 9.28. The van der Waals surface area contributed by atoms with Crippen LogP contribution in [0.4, 0.5) is 0 Å². The van der Waals surface area contributed by atoms with Gasteiger partial charge in [-0.05, 0) is 23.3 Å². The predicted molar refractivity (Wildman–Crippen MR) is 64.0 cm³/mol. The van der Waals surface area contributed by atoms with Gasteiger partial charge in [-0.1, -0.05) is 41.9 Å². The molecule has 2 nitrogen and oxygen atoms in total. The normalized spacial score (nSPS) is 10.3. The van der Waals surface area contributed by atoms with Crippen molar-refractivity contribution in [2.75, 3.05) is 0 Å². The van der Waals surface area contributed by atoms with E-state index in [1.54, 1.807) is 30.3 Å². The maximum atomic E-state index is 9.74. The largest absolute Gasteiger partial charge is 0.508 e. The molecule has 0 aliphatic rings. The first-order chi connectivity index (χ1) is 7.68. The number of phenols is 2. The summed E-state index contributed by atoms with van der Waals surface area (Å²) >= 11 is 5.81. The van der Waals surface area contributed by atoms with E-state index in [2.05, 4.69) is 0 Å². The van der Waals surface area contributed by atoms with Crippen LogP contribution in [0.3, 0.4) is 0 Å². The molecule has 0 radical (unpaired) electrons. The van der Waals surface area contributed by atoms with E-state index in [9.17, 15) is 10.2 Å². The molecule has 3 heteroatoms. The number of aromatic hydroxyl groups is 2. The van der Waals surface area contributed by atoms with Crippen molar-refractivity contribution in [3.8, 4) is 11.5 Å². The molecule has 0 bridgehead atoms. The van der Waals surface area contributed by atoms with E-state index in [-0.39, 0.29) is 11.5 Å². The highest BCUT2D eigenvalue weighted by molar-refractivity contribution is 6.32. The predicted octanol–water partition coefficient (Wildman–Crippen LogP) is 3.34. The maximum Gasteiger partial charge on any atom is 0.137 e. The Bertz CT molecular complexity index is 509. The van der Waals surface area contributed by atoms with Gasteiger partial charge in [-0.15, -0.1) is 0 Å². The van der Waals surface area contributed by atoms with Crippen LogP contribution in [0, 0.1) is 0 Å². The lowest BCUT2D eigenvalue weighted by atomic mass is 10.0. The molecule has 0 aliphatic carbocycles. The Morgan fingerprint density at radius 3 is 2.31 bits per heavy atom. The fourth-order valence-corrected chi connectivity index (χ4v) is 1.76. The third-order valence-electron chi connectivity index (χ3n) is 2.44. The van der Waals surface area contributed by atoms with Crippen molar-refractivity contribution in [1.82, 2.24) is 0 Å². The van der Waals surface area contributed by atoms with E-state index in [1.807, 2.05) is 12.1 Å². The lowest BCUT2D eigenvalue weighted by Gasteiger charge is -2.07.